The van der Waals surface area contributed by atoms with Crippen molar-refractivity contribution in [1.82, 2.24) is 0 Å². The van der Waals surface area contributed by atoms with E-state index >= 15 is 0 Å². The van der Waals surface area contributed by atoms with E-state index in [1.54, 1.807) is 0 Å². The highest BCUT2D eigenvalue weighted by atomic mass is 35.5. The van der Waals surface area contributed by atoms with Crippen molar-refractivity contribution in [2.45, 2.75) is 12.3 Å². The average Bonchev–Trinajstić information content (AvgIpc) is 2.13. The summed E-state index contributed by atoms with van der Waals surface area (Å²) in [4.78, 5) is 10.2. The first-order valence-electron chi connectivity index (χ1n) is 3.92. The van der Waals surface area contributed by atoms with E-state index in [1.807, 2.05) is 0 Å². The maximum absolute atomic E-state index is 12.9. The quantitative estimate of drug-likeness (QED) is 0.843. The van der Waals surface area contributed by atoms with Crippen LogP contribution < -0.4 is 0 Å². The number of aliphatic carboxylic acids is 1. The lowest BCUT2D eigenvalue weighted by Crippen LogP contribution is -2.23. The SMILES string of the molecule is O=C(O)C(F)C(O)c1cc(F)cc(Cl)c1. The maximum Gasteiger partial charge on any atom is 0.341 e. The molecule has 0 fully saturated rings. The molecule has 0 saturated carbocycles. The molecular weight excluding hydrogens is 230 g/mol. The molecule has 82 valence electrons. The van der Waals surface area contributed by atoms with Crippen molar-refractivity contribution in [2.75, 3.05) is 0 Å². The first-order valence-corrected chi connectivity index (χ1v) is 4.30. The average molecular weight is 237 g/mol. The fraction of sp³-hybridized carbons (Fsp3) is 0.222. The van der Waals surface area contributed by atoms with Crippen LogP contribution in [-0.2, 0) is 4.79 Å². The molecule has 2 unspecified atom stereocenters. The zero-order valence-electron chi connectivity index (χ0n) is 7.32. The Hall–Kier alpha value is -1.20. The van der Waals surface area contributed by atoms with Gasteiger partial charge in [-0.3, -0.25) is 0 Å². The number of hydrogen-bond donors (Lipinski definition) is 2. The summed E-state index contributed by atoms with van der Waals surface area (Å²) in [5.41, 5.74) is -0.213. The number of carboxylic acids is 1. The summed E-state index contributed by atoms with van der Waals surface area (Å²) in [7, 11) is 0. The van der Waals surface area contributed by atoms with Gasteiger partial charge in [-0.15, -0.1) is 0 Å². The molecule has 1 aromatic carbocycles. The molecule has 0 aliphatic rings. The van der Waals surface area contributed by atoms with Crippen molar-refractivity contribution in [1.29, 1.82) is 0 Å². The van der Waals surface area contributed by atoms with Crippen LogP contribution in [0.1, 0.15) is 11.7 Å². The van der Waals surface area contributed by atoms with E-state index in [4.69, 9.17) is 16.7 Å². The molecule has 0 saturated heterocycles. The summed E-state index contributed by atoms with van der Waals surface area (Å²) in [6.07, 6.45) is -4.45. The van der Waals surface area contributed by atoms with Gasteiger partial charge in [0.25, 0.3) is 0 Å². The third kappa shape index (κ3) is 2.87. The van der Waals surface area contributed by atoms with E-state index in [0.29, 0.717) is 0 Å². The Kier molecular flexibility index (Phi) is 3.60. The van der Waals surface area contributed by atoms with Crippen LogP contribution in [0, 0.1) is 5.82 Å². The van der Waals surface area contributed by atoms with Crippen LogP contribution in [0.2, 0.25) is 5.02 Å². The highest BCUT2D eigenvalue weighted by Gasteiger charge is 2.27. The first kappa shape index (κ1) is 11.9. The predicted molar refractivity (Wildman–Crippen MR) is 48.9 cm³/mol. The van der Waals surface area contributed by atoms with Gasteiger partial charge in [-0.1, -0.05) is 11.6 Å². The van der Waals surface area contributed by atoms with Gasteiger partial charge >= 0.3 is 5.97 Å². The number of carboxylic acid groups (broad SMARTS) is 1. The number of alkyl halides is 1. The Morgan fingerprint density at radius 1 is 1.40 bits per heavy atom. The van der Waals surface area contributed by atoms with E-state index in [1.165, 1.54) is 0 Å². The number of benzene rings is 1. The van der Waals surface area contributed by atoms with Crippen LogP contribution in [-0.4, -0.2) is 22.4 Å². The third-order valence-electron chi connectivity index (χ3n) is 1.74. The van der Waals surface area contributed by atoms with Crippen molar-refractivity contribution in [2.24, 2.45) is 0 Å². The molecule has 0 bridgehead atoms. The van der Waals surface area contributed by atoms with Crippen molar-refractivity contribution in [3.05, 3.63) is 34.6 Å². The van der Waals surface area contributed by atoms with E-state index in [0.717, 1.165) is 18.2 Å². The number of aliphatic hydroxyl groups excluding tert-OH is 1. The highest BCUT2D eigenvalue weighted by molar-refractivity contribution is 6.30. The molecule has 0 aliphatic heterocycles. The predicted octanol–water partition coefficient (Wildman–Crippen LogP) is 1.94. The minimum absolute atomic E-state index is 0.0401. The molecule has 0 spiro atoms. The van der Waals surface area contributed by atoms with Gasteiger partial charge in [-0.2, -0.15) is 0 Å². The van der Waals surface area contributed by atoms with Gasteiger partial charge in [0.1, 0.15) is 11.9 Å². The Morgan fingerprint density at radius 2 is 2.00 bits per heavy atom. The Bertz CT molecular complexity index is 363. The van der Waals surface area contributed by atoms with Crippen LogP contribution in [0.4, 0.5) is 8.78 Å². The molecule has 2 N–H and O–H groups in total. The summed E-state index contributed by atoms with van der Waals surface area (Å²) in [5.74, 6) is -2.59. The van der Waals surface area contributed by atoms with Crippen molar-refractivity contribution in [3.8, 4) is 0 Å². The molecular formula is C9H7ClF2O3. The molecule has 0 heterocycles. The van der Waals surface area contributed by atoms with E-state index in [2.05, 4.69) is 0 Å². The minimum Gasteiger partial charge on any atom is -0.479 e. The highest BCUT2D eigenvalue weighted by Crippen LogP contribution is 2.23. The Balaban J connectivity index is 3.00. The molecule has 0 amide bonds. The number of aliphatic hydroxyl groups is 1. The minimum atomic E-state index is -2.51. The topological polar surface area (TPSA) is 57.5 Å². The summed E-state index contributed by atoms with van der Waals surface area (Å²) >= 11 is 5.46. The first-order chi connectivity index (χ1) is 6.91. The molecule has 6 heteroatoms. The fourth-order valence-corrected chi connectivity index (χ4v) is 1.28. The number of halogens is 3. The molecule has 15 heavy (non-hydrogen) atoms. The normalized spacial score (nSPS) is 14.7. The summed E-state index contributed by atoms with van der Waals surface area (Å²) in [6.45, 7) is 0. The van der Waals surface area contributed by atoms with Crippen molar-refractivity contribution < 1.29 is 23.8 Å². The van der Waals surface area contributed by atoms with E-state index in [-0.39, 0.29) is 10.6 Å². The second kappa shape index (κ2) is 4.55. The second-order valence-electron chi connectivity index (χ2n) is 2.89. The van der Waals surface area contributed by atoms with Crippen molar-refractivity contribution in [3.63, 3.8) is 0 Å². The van der Waals surface area contributed by atoms with Crippen molar-refractivity contribution >= 4 is 17.6 Å². The van der Waals surface area contributed by atoms with Gasteiger partial charge in [0.15, 0.2) is 0 Å². The molecule has 2 atom stereocenters. The Labute approximate surface area is 88.9 Å². The smallest absolute Gasteiger partial charge is 0.341 e. The molecule has 0 aliphatic carbocycles. The standard InChI is InChI=1S/C9H7ClF2O3/c10-5-1-4(2-6(11)3-5)8(13)7(12)9(14)15/h1-3,7-8,13H,(H,14,15). The van der Waals surface area contributed by atoms with E-state index in [9.17, 15) is 18.7 Å². The lowest BCUT2D eigenvalue weighted by atomic mass is 10.1. The monoisotopic (exact) mass is 236 g/mol. The van der Waals surface area contributed by atoms with Crippen LogP contribution >= 0.6 is 11.6 Å². The van der Waals surface area contributed by atoms with Gasteiger partial charge in [0, 0.05) is 5.02 Å². The number of rotatable bonds is 3. The lowest BCUT2D eigenvalue weighted by Gasteiger charge is -2.12. The number of carbonyl (C=O) groups is 1. The fourth-order valence-electron chi connectivity index (χ4n) is 1.05. The molecule has 0 aromatic heterocycles. The zero-order valence-corrected chi connectivity index (χ0v) is 8.08. The number of hydrogen-bond acceptors (Lipinski definition) is 2. The third-order valence-corrected chi connectivity index (χ3v) is 1.96. The van der Waals surface area contributed by atoms with E-state index < -0.39 is 24.1 Å². The molecule has 3 nitrogen and oxygen atoms in total. The Morgan fingerprint density at radius 3 is 2.47 bits per heavy atom. The van der Waals surface area contributed by atoms with Crippen LogP contribution in [0.3, 0.4) is 0 Å². The second-order valence-corrected chi connectivity index (χ2v) is 3.32. The van der Waals surface area contributed by atoms with Crippen LogP contribution in [0.25, 0.3) is 0 Å². The maximum atomic E-state index is 12.9. The van der Waals surface area contributed by atoms with Gasteiger partial charge in [0.05, 0.1) is 0 Å². The van der Waals surface area contributed by atoms with Gasteiger partial charge in [-0.05, 0) is 23.8 Å². The zero-order chi connectivity index (χ0) is 11.6. The molecule has 1 aromatic rings. The summed E-state index contributed by atoms with van der Waals surface area (Å²) in [5, 5.41) is 17.5. The molecule has 1 rings (SSSR count). The van der Waals surface area contributed by atoms with Gasteiger partial charge in [0.2, 0.25) is 6.17 Å². The van der Waals surface area contributed by atoms with Gasteiger partial charge < -0.3 is 10.2 Å². The summed E-state index contributed by atoms with van der Waals surface area (Å²) < 4.78 is 25.6. The summed E-state index contributed by atoms with van der Waals surface area (Å²) in [6, 6.07) is 2.89. The lowest BCUT2D eigenvalue weighted by molar-refractivity contribution is -0.147. The van der Waals surface area contributed by atoms with Crippen LogP contribution in [0.5, 0.6) is 0 Å². The van der Waals surface area contributed by atoms with Crippen LogP contribution in [0.15, 0.2) is 18.2 Å². The molecule has 0 radical (unpaired) electrons. The van der Waals surface area contributed by atoms with Gasteiger partial charge in [-0.25, -0.2) is 13.6 Å². The largest absolute Gasteiger partial charge is 0.479 e.